The Balaban J connectivity index is 1.63. The van der Waals surface area contributed by atoms with Crippen LogP contribution >= 0.6 is 51.3 Å². The maximum Gasteiger partial charge on any atom is 0.248 e. The average Bonchev–Trinajstić information content (AvgIpc) is 2.99. The van der Waals surface area contributed by atoms with Gasteiger partial charge < -0.3 is 5.32 Å². The Kier molecular flexibility index (Phi) is 5.90. The first kappa shape index (κ1) is 18.1. The summed E-state index contributed by atoms with van der Waals surface area (Å²) in [4.78, 5) is 4.19. The van der Waals surface area contributed by atoms with Crippen LogP contribution < -0.4 is 10.6 Å². The minimum atomic E-state index is 0.347. The third-order valence-corrected chi connectivity index (χ3v) is 4.61. The van der Waals surface area contributed by atoms with Gasteiger partial charge in [-0.3, -0.25) is 5.32 Å². The SMILES string of the molecule is S=C(Nc1ncn(Cc2ccccc2Cl)n1)Nc1ccc(Br)cc1Cl. The minimum absolute atomic E-state index is 0.347. The Morgan fingerprint density at radius 1 is 1.12 bits per heavy atom. The van der Waals surface area contributed by atoms with Gasteiger partial charge in [0.25, 0.3) is 0 Å². The molecule has 2 N–H and O–H groups in total. The van der Waals surface area contributed by atoms with Gasteiger partial charge in [-0.05, 0) is 42.0 Å². The van der Waals surface area contributed by atoms with Crippen molar-refractivity contribution < 1.29 is 0 Å². The lowest BCUT2D eigenvalue weighted by Gasteiger charge is -2.09. The van der Waals surface area contributed by atoms with Gasteiger partial charge in [0.2, 0.25) is 5.95 Å². The zero-order chi connectivity index (χ0) is 17.8. The number of thiocarbonyl (C=S) groups is 1. The van der Waals surface area contributed by atoms with E-state index in [1.54, 1.807) is 17.1 Å². The van der Waals surface area contributed by atoms with Gasteiger partial charge >= 0.3 is 0 Å². The number of rotatable bonds is 4. The third-order valence-electron chi connectivity index (χ3n) is 3.23. The summed E-state index contributed by atoms with van der Waals surface area (Å²) in [5.41, 5.74) is 1.65. The molecule has 0 unspecified atom stereocenters. The minimum Gasteiger partial charge on any atom is -0.331 e. The normalized spacial score (nSPS) is 10.5. The van der Waals surface area contributed by atoms with E-state index in [1.165, 1.54) is 0 Å². The summed E-state index contributed by atoms with van der Waals surface area (Å²) in [6.07, 6.45) is 1.61. The summed E-state index contributed by atoms with van der Waals surface area (Å²) in [6.45, 7) is 0.521. The van der Waals surface area contributed by atoms with Crippen LogP contribution in [0.3, 0.4) is 0 Å². The number of hydrogen-bond donors (Lipinski definition) is 2. The number of anilines is 2. The molecule has 0 amide bonds. The first-order chi connectivity index (χ1) is 12.0. The molecule has 0 aliphatic rings. The number of hydrogen-bond acceptors (Lipinski definition) is 3. The van der Waals surface area contributed by atoms with Crippen molar-refractivity contribution in [1.82, 2.24) is 14.8 Å². The zero-order valence-corrected chi connectivity index (χ0v) is 16.6. The van der Waals surface area contributed by atoms with Gasteiger partial charge in [-0.1, -0.05) is 57.3 Å². The van der Waals surface area contributed by atoms with Gasteiger partial charge in [0.15, 0.2) is 5.11 Å². The number of nitrogens with zero attached hydrogens (tertiary/aromatic N) is 3. The highest BCUT2D eigenvalue weighted by molar-refractivity contribution is 9.10. The highest BCUT2D eigenvalue weighted by Gasteiger charge is 2.07. The monoisotopic (exact) mass is 455 g/mol. The van der Waals surface area contributed by atoms with E-state index in [9.17, 15) is 0 Å². The third kappa shape index (κ3) is 4.92. The van der Waals surface area contributed by atoms with Crippen molar-refractivity contribution in [2.75, 3.05) is 10.6 Å². The fourth-order valence-electron chi connectivity index (χ4n) is 2.08. The van der Waals surface area contributed by atoms with E-state index >= 15 is 0 Å². The maximum atomic E-state index is 6.16. The molecule has 1 heterocycles. The molecule has 128 valence electrons. The second kappa shape index (κ2) is 8.14. The van der Waals surface area contributed by atoms with Gasteiger partial charge in [0, 0.05) is 9.50 Å². The standard InChI is InChI=1S/C16H12BrCl2N5S/c17-11-5-6-14(13(19)7-11)21-16(25)22-15-20-9-24(23-15)8-10-3-1-2-4-12(10)18/h1-7,9H,8H2,(H2,21,22,23,25). The van der Waals surface area contributed by atoms with Crippen LogP contribution in [-0.4, -0.2) is 19.9 Å². The summed E-state index contributed by atoms with van der Waals surface area (Å²) in [5.74, 6) is 0.387. The highest BCUT2D eigenvalue weighted by Crippen LogP contribution is 2.25. The molecule has 5 nitrogen and oxygen atoms in total. The van der Waals surface area contributed by atoms with Gasteiger partial charge in [0.1, 0.15) is 6.33 Å². The molecule has 9 heteroatoms. The van der Waals surface area contributed by atoms with Crippen LogP contribution in [0.2, 0.25) is 10.0 Å². The average molecular weight is 457 g/mol. The van der Waals surface area contributed by atoms with Crippen molar-refractivity contribution >= 4 is 68.1 Å². The summed E-state index contributed by atoms with van der Waals surface area (Å²) < 4.78 is 2.57. The molecule has 0 saturated heterocycles. The number of aromatic nitrogens is 3. The van der Waals surface area contributed by atoms with Gasteiger partial charge in [-0.2, -0.15) is 0 Å². The molecule has 0 aliphatic heterocycles. The van der Waals surface area contributed by atoms with E-state index in [0.717, 1.165) is 10.0 Å². The summed E-state index contributed by atoms with van der Waals surface area (Å²) >= 11 is 20.9. The summed E-state index contributed by atoms with van der Waals surface area (Å²) in [6, 6.07) is 13.1. The smallest absolute Gasteiger partial charge is 0.248 e. The lowest BCUT2D eigenvalue weighted by atomic mass is 10.2. The van der Waals surface area contributed by atoms with Crippen molar-refractivity contribution in [2.24, 2.45) is 0 Å². The van der Waals surface area contributed by atoms with Crippen molar-refractivity contribution in [3.63, 3.8) is 0 Å². The van der Waals surface area contributed by atoms with E-state index in [4.69, 9.17) is 35.4 Å². The fraction of sp³-hybridized carbons (Fsp3) is 0.0625. The molecule has 0 radical (unpaired) electrons. The molecule has 1 aromatic heterocycles. The second-order valence-electron chi connectivity index (χ2n) is 5.06. The lowest BCUT2D eigenvalue weighted by Crippen LogP contribution is -2.20. The first-order valence-electron chi connectivity index (χ1n) is 7.17. The van der Waals surface area contributed by atoms with Crippen LogP contribution in [0.25, 0.3) is 0 Å². The van der Waals surface area contributed by atoms with Crippen LogP contribution in [0, 0.1) is 0 Å². The summed E-state index contributed by atoms with van der Waals surface area (Å²) in [7, 11) is 0. The van der Waals surface area contributed by atoms with Crippen LogP contribution in [0.15, 0.2) is 53.3 Å². The van der Waals surface area contributed by atoms with Crippen molar-refractivity contribution in [1.29, 1.82) is 0 Å². The molecule has 3 rings (SSSR count). The predicted octanol–water partition coefficient (Wildman–Crippen LogP) is 5.20. The molecule has 0 atom stereocenters. The zero-order valence-electron chi connectivity index (χ0n) is 12.7. The van der Waals surface area contributed by atoms with E-state index in [0.29, 0.717) is 33.3 Å². The molecule has 0 spiro atoms. The molecule has 3 aromatic rings. The molecule has 2 aromatic carbocycles. The predicted molar refractivity (Wildman–Crippen MR) is 110 cm³/mol. The molecular weight excluding hydrogens is 445 g/mol. The quantitative estimate of drug-likeness (QED) is 0.528. The number of nitrogens with one attached hydrogen (secondary N) is 2. The van der Waals surface area contributed by atoms with Gasteiger partial charge in [0.05, 0.1) is 17.3 Å². The van der Waals surface area contributed by atoms with Crippen LogP contribution in [0.5, 0.6) is 0 Å². The Morgan fingerprint density at radius 2 is 1.92 bits per heavy atom. The van der Waals surface area contributed by atoms with Crippen molar-refractivity contribution in [2.45, 2.75) is 6.54 Å². The maximum absolute atomic E-state index is 6.16. The van der Waals surface area contributed by atoms with Crippen LogP contribution in [-0.2, 0) is 6.54 Å². The Hall–Kier alpha value is -1.67. The van der Waals surface area contributed by atoms with E-state index in [1.807, 2.05) is 36.4 Å². The Bertz CT molecular complexity index is 915. The van der Waals surface area contributed by atoms with Gasteiger partial charge in [-0.25, -0.2) is 9.67 Å². The summed E-state index contributed by atoms with van der Waals surface area (Å²) in [5, 5.41) is 11.9. The van der Waals surface area contributed by atoms with E-state index in [2.05, 4.69) is 36.6 Å². The molecule has 25 heavy (non-hydrogen) atoms. The molecule has 0 fully saturated rings. The molecular formula is C16H12BrCl2N5S. The second-order valence-corrected chi connectivity index (χ2v) is 7.20. The van der Waals surface area contributed by atoms with Crippen LogP contribution in [0.1, 0.15) is 5.56 Å². The van der Waals surface area contributed by atoms with Crippen molar-refractivity contribution in [3.05, 3.63) is 68.9 Å². The largest absolute Gasteiger partial charge is 0.331 e. The molecule has 0 bridgehead atoms. The Labute approximate surface area is 168 Å². The van der Waals surface area contributed by atoms with E-state index in [-0.39, 0.29) is 0 Å². The fourth-order valence-corrected chi connectivity index (χ4v) is 3.19. The topological polar surface area (TPSA) is 54.8 Å². The lowest BCUT2D eigenvalue weighted by molar-refractivity contribution is 0.687. The van der Waals surface area contributed by atoms with E-state index < -0.39 is 0 Å². The number of benzene rings is 2. The van der Waals surface area contributed by atoms with Crippen molar-refractivity contribution in [3.8, 4) is 0 Å². The first-order valence-corrected chi connectivity index (χ1v) is 9.13. The number of halogens is 3. The highest BCUT2D eigenvalue weighted by atomic mass is 79.9. The Morgan fingerprint density at radius 3 is 2.68 bits per heavy atom. The van der Waals surface area contributed by atoms with Gasteiger partial charge in [-0.15, -0.1) is 5.10 Å². The van der Waals surface area contributed by atoms with Crippen LogP contribution in [0.4, 0.5) is 11.6 Å². The molecule has 0 saturated carbocycles. The molecule has 0 aliphatic carbocycles.